The van der Waals surface area contributed by atoms with E-state index in [1.54, 1.807) is 0 Å². The Hall–Kier alpha value is -2.30. The minimum absolute atomic E-state index is 0.522. The molecule has 1 aliphatic rings. The molecule has 0 aliphatic carbocycles. The fourth-order valence-corrected chi connectivity index (χ4v) is 1.62. The van der Waals surface area contributed by atoms with E-state index < -0.39 is 18.5 Å². The van der Waals surface area contributed by atoms with Crippen LogP contribution in [0, 0.1) is 0 Å². The molecule has 0 radical (unpaired) electrons. The van der Waals surface area contributed by atoms with E-state index in [0.29, 0.717) is 5.57 Å². The number of carbonyl (C=O) groups excluding carboxylic acids is 1. The summed E-state index contributed by atoms with van der Waals surface area (Å²) >= 11 is 0. The highest BCUT2D eigenvalue weighted by Gasteiger charge is 2.32. The van der Waals surface area contributed by atoms with Crippen LogP contribution in [0.3, 0.4) is 0 Å². The number of carbonyl (C=O) groups is 1. The SMILES string of the molecule is C=C(c1ccccc1)C1OC=NC1OC(=O)OC. The number of methoxy groups -OCH3 is 1. The van der Waals surface area contributed by atoms with Crippen molar-refractivity contribution in [1.82, 2.24) is 0 Å². The van der Waals surface area contributed by atoms with Crippen LogP contribution in [0.5, 0.6) is 0 Å². The number of hydrogen-bond donors (Lipinski definition) is 0. The highest BCUT2D eigenvalue weighted by atomic mass is 16.7. The second-order valence-corrected chi connectivity index (χ2v) is 3.66. The van der Waals surface area contributed by atoms with Crippen molar-refractivity contribution in [2.45, 2.75) is 12.3 Å². The summed E-state index contributed by atoms with van der Waals surface area (Å²) in [6.45, 7) is 3.95. The highest BCUT2D eigenvalue weighted by molar-refractivity contribution is 5.71. The van der Waals surface area contributed by atoms with Gasteiger partial charge in [0, 0.05) is 0 Å². The average Bonchev–Trinajstić information content (AvgIpc) is 2.86. The van der Waals surface area contributed by atoms with Crippen molar-refractivity contribution in [3.8, 4) is 0 Å². The average molecular weight is 247 g/mol. The van der Waals surface area contributed by atoms with E-state index in [9.17, 15) is 4.79 Å². The predicted octanol–water partition coefficient (Wildman–Crippen LogP) is 2.24. The van der Waals surface area contributed by atoms with Crippen LogP contribution in [0.15, 0.2) is 41.9 Å². The standard InChI is InChI=1S/C13H13NO4/c1-9(10-6-4-3-5-7-10)11-12(14-8-17-11)18-13(15)16-2/h3-8,11-12H,1H2,2H3. The summed E-state index contributed by atoms with van der Waals surface area (Å²) in [5.74, 6) is 0. The van der Waals surface area contributed by atoms with Gasteiger partial charge in [0.2, 0.25) is 6.23 Å². The summed E-state index contributed by atoms with van der Waals surface area (Å²) < 4.78 is 14.7. The van der Waals surface area contributed by atoms with E-state index in [-0.39, 0.29) is 0 Å². The lowest BCUT2D eigenvalue weighted by atomic mass is 10.0. The van der Waals surface area contributed by atoms with E-state index in [1.165, 1.54) is 13.5 Å². The molecule has 2 rings (SSSR count). The number of benzene rings is 1. The van der Waals surface area contributed by atoms with Gasteiger partial charge in [0.05, 0.1) is 7.11 Å². The van der Waals surface area contributed by atoms with E-state index in [2.05, 4.69) is 16.3 Å². The van der Waals surface area contributed by atoms with Crippen LogP contribution in [0.1, 0.15) is 5.56 Å². The second-order valence-electron chi connectivity index (χ2n) is 3.66. The maximum absolute atomic E-state index is 11.1. The highest BCUT2D eigenvalue weighted by Crippen LogP contribution is 2.25. The Balaban J connectivity index is 2.09. The van der Waals surface area contributed by atoms with Crippen molar-refractivity contribution in [2.24, 2.45) is 4.99 Å². The van der Waals surface area contributed by atoms with Crippen LogP contribution in [-0.2, 0) is 14.2 Å². The Bertz CT molecular complexity index is 469. The van der Waals surface area contributed by atoms with Gasteiger partial charge in [0.25, 0.3) is 0 Å². The lowest BCUT2D eigenvalue weighted by molar-refractivity contribution is 0.0169. The van der Waals surface area contributed by atoms with E-state index in [4.69, 9.17) is 9.47 Å². The smallest absolute Gasteiger partial charge is 0.469 e. The predicted molar refractivity (Wildman–Crippen MR) is 66.1 cm³/mol. The molecule has 5 heteroatoms. The first-order chi connectivity index (χ1) is 8.72. The number of ether oxygens (including phenoxy) is 3. The molecule has 0 aromatic heterocycles. The first-order valence-corrected chi connectivity index (χ1v) is 5.38. The Morgan fingerprint density at radius 3 is 2.78 bits per heavy atom. The van der Waals surface area contributed by atoms with Crippen LogP contribution in [0.4, 0.5) is 4.79 Å². The van der Waals surface area contributed by atoms with Gasteiger partial charge in [-0.25, -0.2) is 9.79 Å². The molecular formula is C13H13NO4. The van der Waals surface area contributed by atoms with Gasteiger partial charge in [-0.1, -0.05) is 36.9 Å². The van der Waals surface area contributed by atoms with Crippen LogP contribution in [-0.4, -0.2) is 32.0 Å². The molecule has 0 saturated carbocycles. The third-order valence-electron chi connectivity index (χ3n) is 2.55. The summed E-state index contributed by atoms with van der Waals surface area (Å²) in [4.78, 5) is 15.0. The van der Waals surface area contributed by atoms with Crippen LogP contribution >= 0.6 is 0 Å². The molecule has 1 aliphatic heterocycles. The third kappa shape index (κ3) is 2.51. The minimum atomic E-state index is -0.798. The Labute approximate surface area is 105 Å². The van der Waals surface area contributed by atoms with Crippen LogP contribution in [0.25, 0.3) is 5.57 Å². The number of nitrogens with zero attached hydrogens (tertiary/aromatic N) is 1. The van der Waals surface area contributed by atoms with Gasteiger partial charge in [-0.15, -0.1) is 0 Å². The van der Waals surface area contributed by atoms with Gasteiger partial charge < -0.3 is 14.2 Å². The Morgan fingerprint density at radius 2 is 2.11 bits per heavy atom. The van der Waals surface area contributed by atoms with E-state index >= 15 is 0 Å². The maximum Gasteiger partial charge on any atom is 0.510 e. The van der Waals surface area contributed by atoms with Gasteiger partial charge in [-0.05, 0) is 11.1 Å². The van der Waals surface area contributed by atoms with E-state index in [0.717, 1.165) is 5.56 Å². The lowest BCUT2D eigenvalue weighted by Gasteiger charge is -2.19. The van der Waals surface area contributed by atoms with Crippen molar-refractivity contribution in [1.29, 1.82) is 0 Å². The zero-order valence-corrected chi connectivity index (χ0v) is 9.91. The summed E-state index contributed by atoms with van der Waals surface area (Å²) in [6.07, 6.45) is -0.822. The van der Waals surface area contributed by atoms with Gasteiger partial charge in [0.15, 0.2) is 12.5 Å². The normalized spacial score (nSPS) is 21.2. The molecule has 0 fully saturated rings. The second kappa shape index (κ2) is 5.35. The summed E-state index contributed by atoms with van der Waals surface area (Å²) in [5, 5.41) is 0. The first-order valence-electron chi connectivity index (χ1n) is 5.38. The van der Waals surface area contributed by atoms with E-state index in [1.807, 2.05) is 30.3 Å². The molecular weight excluding hydrogens is 234 g/mol. The molecule has 5 nitrogen and oxygen atoms in total. The van der Waals surface area contributed by atoms with Crippen LogP contribution in [0.2, 0.25) is 0 Å². The molecule has 18 heavy (non-hydrogen) atoms. The molecule has 2 atom stereocenters. The minimum Gasteiger partial charge on any atom is -0.469 e. The third-order valence-corrected chi connectivity index (χ3v) is 2.55. The largest absolute Gasteiger partial charge is 0.510 e. The van der Waals surface area contributed by atoms with Crippen molar-refractivity contribution < 1.29 is 19.0 Å². The molecule has 0 N–H and O–H groups in total. The number of rotatable bonds is 3. The summed E-state index contributed by atoms with van der Waals surface area (Å²) in [5.41, 5.74) is 1.61. The Morgan fingerprint density at radius 1 is 1.39 bits per heavy atom. The first kappa shape index (κ1) is 12.2. The van der Waals surface area contributed by atoms with Gasteiger partial charge in [-0.2, -0.15) is 0 Å². The molecule has 1 aromatic carbocycles. The molecule has 0 amide bonds. The lowest BCUT2D eigenvalue weighted by Crippen LogP contribution is -2.28. The zero-order valence-electron chi connectivity index (χ0n) is 9.91. The zero-order chi connectivity index (χ0) is 13.0. The maximum atomic E-state index is 11.1. The fraction of sp³-hybridized carbons (Fsp3) is 0.231. The number of hydrogen-bond acceptors (Lipinski definition) is 5. The van der Waals surface area contributed by atoms with Crippen molar-refractivity contribution in [2.75, 3.05) is 7.11 Å². The van der Waals surface area contributed by atoms with Crippen molar-refractivity contribution in [3.63, 3.8) is 0 Å². The molecule has 0 saturated heterocycles. The van der Waals surface area contributed by atoms with Gasteiger partial charge in [-0.3, -0.25) is 0 Å². The summed E-state index contributed by atoms with van der Waals surface area (Å²) in [7, 11) is 1.24. The molecule has 94 valence electrons. The number of aliphatic imine (C=N–C) groups is 1. The molecule has 0 spiro atoms. The van der Waals surface area contributed by atoms with Crippen molar-refractivity contribution in [3.05, 3.63) is 42.5 Å². The molecule has 1 heterocycles. The molecule has 1 aromatic rings. The quantitative estimate of drug-likeness (QED) is 0.768. The topological polar surface area (TPSA) is 57.1 Å². The van der Waals surface area contributed by atoms with Crippen LogP contribution < -0.4 is 0 Å². The summed E-state index contributed by atoms with van der Waals surface area (Å²) in [6, 6.07) is 9.50. The monoisotopic (exact) mass is 247 g/mol. The molecule has 2 unspecified atom stereocenters. The van der Waals surface area contributed by atoms with Gasteiger partial charge in [0.1, 0.15) is 0 Å². The fourth-order valence-electron chi connectivity index (χ4n) is 1.62. The molecule has 0 bridgehead atoms. The van der Waals surface area contributed by atoms with Gasteiger partial charge >= 0.3 is 6.16 Å². The Kier molecular flexibility index (Phi) is 3.62. The van der Waals surface area contributed by atoms with Crippen molar-refractivity contribution >= 4 is 18.1 Å².